The third-order valence-electron chi connectivity index (χ3n) is 3.73. The molecule has 0 aliphatic heterocycles. The third kappa shape index (κ3) is 2.80. The van der Waals surface area contributed by atoms with Crippen LogP contribution in [0.4, 0.5) is 0 Å². The highest BCUT2D eigenvalue weighted by Crippen LogP contribution is 2.34. The van der Waals surface area contributed by atoms with E-state index in [4.69, 9.17) is 11.6 Å². The van der Waals surface area contributed by atoms with Gasteiger partial charge in [0.25, 0.3) is 0 Å². The van der Waals surface area contributed by atoms with E-state index in [1.165, 1.54) is 0 Å². The van der Waals surface area contributed by atoms with Crippen LogP contribution in [0.2, 0.25) is 0 Å². The molecule has 4 nitrogen and oxygen atoms in total. The summed E-state index contributed by atoms with van der Waals surface area (Å²) in [6.07, 6.45) is 7.64. The molecule has 1 amide bonds. The molecule has 1 N–H and O–H groups in total. The first-order chi connectivity index (χ1) is 9.33. The lowest BCUT2D eigenvalue weighted by Crippen LogP contribution is -2.50. The van der Waals surface area contributed by atoms with Crippen LogP contribution < -0.4 is 0 Å². The lowest BCUT2D eigenvalue weighted by Gasteiger charge is -2.40. The number of aryl methyl sites for hydroxylation is 1. The molecule has 0 aromatic carbocycles. The first-order valence-electron chi connectivity index (χ1n) is 6.64. The summed E-state index contributed by atoms with van der Waals surface area (Å²) in [5, 5.41) is 6.96. The second kappa shape index (κ2) is 5.44. The lowest BCUT2D eigenvalue weighted by atomic mass is 9.88. The number of hydrogen-bond acceptors (Lipinski definition) is 2. The number of nitrogens with zero attached hydrogens (tertiary/aromatic N) is 2. The van der Waals surface area contributed by atoms with E-state index >= 15 is 0 Å². The summed E-state index contributed by atoms with van der Waals surface area (Å²) in [5.74, 6) is -0.000995. The summed E-state index contributed by atoms with van der Waals surface area (Å²) in [7, 11) is 0. The van der Waals surface area contributed by atoms with Gasteiger partial charge in [-0.1, -0.05) is 18.2 Å². The van der Waals surface area contributed by atoms with Gasteiger partial charge in [0, 0.05) is 6.92 Å². The highest BCUT2D eigenvalue weighted by molar-refractivity contribution is 6.26. The van der Waals surface area contributed by atoms with Crippen LogP contribution in [-0.2, 0) is 11.3 Å². The summed E-state index contributed by atoms with van der Waals surface area (Å²) in [4.78, 5) is 13.3. The van der Waals surface area contributed by atoms with Crippen molar-refractivity contribution in [2.75, 3.05) is 0 Å². The standard InChI is InChI=1S/C15H20ClN3O/c1-10-6-5-7-15(4,16)14(10)19(12(3)20)9-13-11(2)8-17-18-13/h5-8,14H,9H2,1-4H3,(H,17,18). The second-order valence-corrected chi connectivity index (χ2v) is 6.32. The number of H-pyrrole nitrogens is 1. The Kier molecular flexibility index (Phi) is 4.04. The van der Waals surface area contributed by atoms with Crippen molar-refractivity contribution < 1.29 is 4.79 Å². The molecule has 1 aromatic heterocycles. The van der Waals surface area contributed by atoms with Gasteiger partial charge in [-0.2, -0.15) is 5.10 Å². The molecular weight excluding hydrogens is 274 g/mol. The van der Waals surface area contributed by atoms with Crippen LogP contribution in [0.5, 0.6) is 0 Å². The first-order valence-corrected chi connectivity index (χ1v) is 7.01. The van der Waals surface area contributed by atoms with Crippen molar-refractivity contribution in [3.8, 4) is 0 Å². The number of amides is 1. The molecular formula is C15H20ClN3O. The van der Waals surface area contributed by atoms with Gasteiger partial charge in [0.05, 0.1) is 29.4 Å². The van der Waals surface area contributed by atoms with Crippen LogP contribution in [-0.4, -0.2) is 31.9 Å². The molecule has 0 spiro atoms. The SMILES string of the molecule is CC(=O)N(Cc1[nH]ncc1C)C1C(C)=CC=CC1(C)Cl. The zero-order valence-electron chi connectivity index (χ0n) is 12.3. The average Bonchev–Trinajstić information content (AvgIpc) is 2.72. The molecule has 1 aliphatic carbocycles. The molecule has 0 saturated carbocycles. The minimum Gasteiger partial charge on any atom is -0.328 e. The lowest BCUT2D eigenvalue weighted by molar-refractivity contribution is -0.131. The van der Waals surface area contributed by atoms with Crippen molar-refractivity contribution in [3.05, 3.63) is 41.3 Å². The Balaban J connectivity index is 2.34. The summed E-state index contributed by atoms with van der Waals surface area (Å²) in [5.41, 5.74) is 3.06. The van der Waals surface area contributed by atoms with Crippen molar-refractivity contribution in [3.63, 3.8) is 0 Å². The van der Waals surface area contributed by atoms with Gasteiger partial charge < -0.3 is 4.90 Å². The van der Waals surface area contributed by atoms with Crippen LogP contribution in [0.1, 0.15) is 32.0 Å². The number of alkyl halides is 1. The van der Waals surface area contributed by atoms with Gasteiger partial charge in [0.2, 0.25) is 5.91 Å². The van der Waals surface area contributed by atoms with Gasteiger partial charge >= 0.3 is 0 Å². The van der Waals surface area contributed by atoms with Crippen LogP contribution in [0.15, 0.2) is 30.0 Å². The number of aromatic amines is 1. The Hall–Kier alpha value is -1.55. The fourth-order valence-corrected chi connectivity index (χ4v) is 3.02. The van der Waals surface area contributed by atoms with Crippen LogP contribution in [0.25, 0.3) is 0 Å². The van der Waals surface area contributed by atoms with Crippen molar-refractivity contribution in [1.29, 1.82) is 0 Å². The highest BCUT2D eigenvalue weighted by atomic mass is 35.5. The molecule has 1 heterocycles. The zero-order valence-corrected chi connectivity index (χ0v) is 13.0. The van der Waals surface area contributed by atoms with Gasteiger partial charge in [-0.25, -0.2) is 0 Å². The fourth-order valence-electron chi connectivity index (χ4n) is 2.65. The quantitative estimate of drug-likeness (QED) is 0.871. The second-order valence-electron chi connectivity index (χ2n) is 5.50. The molecule has 2 atom stereocenters. The van der Waals surface area contributed by atoms with E-state index in [9.17, 15) is 4.79 Å². The smallest absolute Gasteiger partial charge is 0.220 e. The minimum atomic E-state index is -0.599. The van der Waals surface area contributed by atoms with E-state index in [0.29, 0.717) is 6.54 Å². The third-order valence-corrected chi connectivity index (χ3v) is 4.06. The first kappa shape index (κ1) is 14.9. The topological polar surface area (TPSA) is 49.0 Å². The molecule has 0 radical (unpaired) electrons. The molecule has 1 aliphatic rings. The molecule has 2 unspecified atom stereocenters. The van der Waals surface area contributed by atoms with Gasteiger partial charge in [-0.3, -0.25) is 9.89 Å². The number of carbonyl (C=O) groups excluding carboxylic acids is 1. The maximum absolute atomic E-state index is 12.1. The molecule has 0 bridgehead atoms. The number of aromatic nitrogens is 2. The van der Waals surface area contributed by atoms with E-state index in [-0.39, 0.29) is 11.9 Å². The van der Waals surface area contributed by atoms with Crippen molar-refractivity contribution in [2.24, 2.45) is 0 Å². The highest BCUT2D eigenvalue weighted by Gasteiger charge is 2.38. The Morgan fingerprint density at radius 3 is 2.75 bits per heavy atom. The molecule has 0 fully saturated rings. The van der Waals surface area contributed by atoms with Gasteiger partial charge in [0.15, 0.2) is 0 Å². The number of carbonyl (C=O) groups is 1. The van der Waals surface area contributed by atoms with Gasteiger partial charge in [-0.15, -0.1) is 11.6 Å². The average molecular weight is 294 g/mol. The number of rotatable bonds is 3. The molecule has 20 heavy (non-hydrogen) atoms. The molecule has 1 aromatic rings. The van der Waals surface area contributed by atoms with E-state index in [1.807, 2.05) is 39.0 Å². The molecule has 5 heteroatoms. The summed E-state index contributed by atoms with van der Waals surface area (Å²) < 4.78 is 0. The number of allylic oxidation sites excluding steroid dienone is 2. The fraction of sp³-hybridized carbons (Fsp3) is 0.467. The van der Waals surface area contributed by atoms with Crippen LogP contribution >= 0.6 is 11.6 Å². The molecule has 2 rings (SSSR count). The Morgan fingerprint density at radius 1 is 1.55 bits per heavy atom. The Morgan fingerprint density at radius 2 is 2.25 bits per heavy atom. The van der Waals surface area contributed by atoms with Crippen molar-refractivity contribution >= 4 is 17.5 Å². The summed E-state index contributed by atoms with van der Waals surface area (Å²) >= 11 is 6.60. The van der Waals surface area contributed by atoms with Crippen molar-refractivity contribution in [2.45, 2.75) is 45.2 Å². The maximum Gasteiger partial charge on any atom is 0.220 e. The number of halogens is 1. The van der Waals surface area contributed by atoms with Gasteiger partial charge in [0.1, 0.15) is 0 Å². The summed E-state index contributed by atoms with van der Waals surface area (Å²) in [6, 6.07) is -0.158. The number of hydrogen-bond donors (Lipinski definition) is 1. The summed E-state index contributed by atoms with van der Waals surface area (Å²) in [6.45, 7) is 7.96. The Labute approximate surface area is 124 Å². The minimum absolute atomic E-state index is 0.000995. The predicted octanol–water partition coefficient (Wildman–Crippen LogP) is 2.95. The number of nitrogens with one attached hydrogen (secondary N) is 1. The van der Waals surface area contributed by atoms with Crippen molar-refractivity contribution in [1.82, 2.24) is 15.1 Å². The van der Waals surface area contributed by atoms with E-state index < -0.39 is 4.87 Å². The molecule has 108 valence electrons. The van der Waals surface area contributed by atoms with E-state index in [2.05, 4.69) is 10.2 Å². The Bertz CT molecular complexity index is 571. The molecule has 0 saturated heterocycles. The van der Waals surface area contributed by atoms with Crippen LogP contribution in [0.3, 0.4) is 0 Å². The van der Waals surface area contributed by atoms with E-state index in [0.717, 1.165) is 16.8 Å². The zero-order chi connectivity index (χ0) is 14.9. The van der Waals surface area contributed by atoms with Gasteiger partial charge in [-0.05, 0) is 31.9 Å². The maximum atomic E-state index is 12.1. The largest absolute Gasteiger partial charge is 0.328 e. The monoisotopic (exact) mass is 293 g/mol. The van der Waals surface area contributed by atoms with Crippen LogP contribution in [0, 0.1) is 6.92 Å². The predicted molar refractivity (Wildman–Crippen MR) is 80.5 cm³/mol. The van der Waals surface area contributed by atoms with E-state index in [1.54, 1.807) is 18.0 Å². The normalized spacial score (nSPS) is 25.4.